The lowest BCUT2D eigenvalue weighted by Crippen LogP contribution is -2.29. The zero-order chi connectivity index (χ0) is 19.4. The van der Waals surface area contributed by atoms with Crippen LogP contribution in [-0.4, -0.2) is 39.1 Å². The number of ketones is 1. The zero-order valence-electron chi connectivity index (χ0n) is 14.8. The number of Topliss-reactive ketones (excluding diaryl/α,β-unsaturated/α-hetero) is 1. The van der Waals surface area contributed by atoms with E-state index in [1.165, 1.54) is 0 Å². The molecule has 0 bridgehead atoms. The van der Waals surface area contributed by atoms with E-state index in [0.717, 1.165) is 19.1 Å². The molecular weight excluding hydrogens is 350 g/mol. The fraction of sp³-hybridized carbons (Fsp3) is 0.368. The van der Waals surface area contributed by atoms with Crippen LogP contribution in [0.1, 0.15) is 41.7 Å². The number of carboxylic acids is 1. The first-order valence-corrected chi connectivity index (χ1v) is 8.67. The third-order valence-corrected chi connectivity index (χ3v) is 4.68. The predicted molar refractivity (Wildman–Crippen MR) is 94.7 cm³/mol. The number of carboxylic acid groups (broad SMARTS) is 1. The van der Waals surface area contributed by atoms with Crippen LogP contribution < -0.4 is 4.74 Å². The van der Waals surface area contributed by atoms with Gasteiger partial charge in [0.05, 0.1) is 17.7 Å². The van der Waals surface area contributed by atoms with E-state index < -0.39 is 11.8 Å². The van der Waals surface area contributed by atoms with E-state index in [9.17, 15) is 14.7 Å². The number of carbonyl (C=O) groups is 2. The zero-order valence-corrected chi connectivity index (χ0v) is 14.8. The highest BCUT2D eigenvalue weighted by Gasteiger charge is 2.28. The fourth-order valence-electron chi connectivity index (χ4n) is 3.33. The molecule has 1 fully saturated rings. The lowest BCUT2D eigenvalue weighted by atomic mass is 9.87. The number of aliphatic carboxylic acids is 1. The van der Waals surface area contributed by atoms with Gasteiger partial charge in [-0.25, -0.2) is 0 Å². The van der Waals surface area contributed by atoms with Crippen LogP contribution in [0.3, 0.4) is 0 Å². The summed E-state index contributed by atoms with van der Waals surface area (Å²) in [6, 6.07) is 6.96. The van der Waals surface area contributed by atoms with Crippen LogP contribution in [0.25, 0.3) is 16.9 Å². The number of hydrogen-bond acceptors (Lipinski definition) is 5. The number of ether oxygens (including phenoxy) is 1. The smallest absolute Gasteiger partial charge is 0.328 e. The molecule has 1 aromatic carbocycles. The summed E-state index contributed by atoms with van der Waals surface area (Å²) in [5.41, 5.74) is 9.84. The maximum absolute atomic E-state index is 12.1. The summed E-state index contributed by atoms with van der Waals surface area (Å²) in [6.45, 7) is 1.63. The van der Waals surface area contributed by atoms with E-state index in [1.807, 2.05) is 0 Å². The summed E-state index contributed by atoms with van der Waals surface area (Å²) in [6.07, 6.45) is 3.50. The van der Waals surface area contributed by atoms with Crippen molar-refractivity contribution in [3.05, 3.63) is 41.1 Å². The Morgan fingerprint density at radius 1 is 1.33 bits per heavy atom. The van der Waals surface area contributed by atoms with Gasteiger partial charge in [0, 0.05) is 5.56 Å². The summed E-state index contributed by atoms with van der Waals surface area (Å²) in [5.74, 6) is -0.734. The highest BCUT2D eigenvalue weighted by Crippen LogP contribution is 2.31. The summed E-state index contributed by atoms with van der Waals surface area (Å²) in [5, 5.41) is 13.0. The first-order valence-electron chi connectivity index (χ1n) is 8.67. The second-order valence-electron chi connectivity index (χ2n) is 6.55. The normalized spacial score (nSPS) is 19.1. The van der Waals surface area contributed by atoms with Gasteiger partial charge in [-0.15, -0.1) is 0 Å². The Balaban J connectivity index is 1.76. The van der Waals surface area contributed by atoms with Gasteiger partial charge in [0.2, 0.25) is 0 Å². The second-order valence-corrected chi connectivity index (χ2v) is 6.55. The van der Waals surface area contributed by atoms with Crippen LogP contribution >= 0.6 is 0 Å². The summed E-state index contributed by atoms with van der Waals surface area (Å²) >= 11 is 0. The van der Waals surface area contributed by atoms with Crippen LogP contribution in [0.15, 0.2) is 28.8 Å². The Morgan fingerprint density at radius 2 is 2.07 bits per heavy atom. The second kappa shape index (κ2) is 7.97. The Bertz CT molecular complexity index is 897. The lowest BCUT2D eigenvalue weighted by molar-refractivity contribution is -0.143. The molecule has 1 aromatic heterocycles. The van der Waals surface area contributed by atoms with Crippen molar-refractivity contribution in [3.8, 4) is 17.1 Å². The Morgan fingerprint density at radius 3 is 2.74 bits per heavy atom. The van der Waals surface area contributed by atoms with Gasteiger partial charge in [-0.1, -0.05) is 5.16 Å². The first-order chi connectivity index (χ1) is 13.0. The van der Waals surface area contributed by atoms with Crippen molar-refractivity contribution in [2.45, 2.75) is 38.7 Å². The molecule has 140 valence electrons. The van der Waals surface area contributed by atoms with Gasteiger partial charge in [0.1, 0.15) is 11.3 Å². The van der Waals surface area contributed by atoms with E-state index in [1.54, 1.807) is 31.2 Å². The van der Waals surface area contributed by atoms with Gasteiger partial charge >= 0.3 is 12.2 Å². The molecular formula is C19H19N3O5. The van der Waals surface area contributed by atoms with Crippen molar-refractivity contribution in [3.63, 3.8) is 0 Å². The minimum Gasteiger partial charge on any atom is -0.490 e. The maximum atomic E-state index is 12.1. The SMILES string of the molecule is Cc1noc(-c2ccc(OC3CCCC(C(=O)O)C3)cc2)c1C(=O)C=[N+]=[N-]. The average molecular weight is 369 g/mol. The minimum absolute atomic E-state index is 0.129. The molecule has 0 aliphatic heterocycles. The summed E-state index contributed by atoms with van der Waals surface area (Å²) in [4.78, 5) is 26.0. The molecule has 1 saturated carbocycles. The van der Waals surface area contributed by atoms with Gasteiger partial charge in [-0.05, 0) is 56.9 Å². The van der Waals surface area contributed by atoms with E-state index in [4.69, 9.17) is 14.8 Å². The van der Waals surface area contributed by atoms with Crippen molar-refractivity contribution in [2.75, 3.05) is 0 Å². The Kier molecular flexibility index (Phi) is 5.47. The topological polar surface area (TPSA) is 126 Å². The van der Waals surface area contributed by atoms with Crippen LogP contribution in [-0.2, 0) is 4.79 Å². The van der Waals surface area contributed by atoms with Crippen LogP contribution in [0.4, 0.5) is 0 Å². The van der Waals surface area contributed by atoms with E-state index in [0.29, 0.717) is 29.8 Å². The number of hydrogen-bond donors (Lipinski definition) is 1. The quantitative estimate of drug-likeness (QED) is 0.361. The number of carbonyl (C=O) groups excluding carboxylic acids is 1. The van der Waals surface area contributed by atoms with Crippen molar-refractivity contribution in [1.82, 2.24) is 5.16 Å². The number of aryl methyl sites for hydroxylation is 1. The van der Waals surface area contributed by atoms with Gasteiger partial charge in [0.25, 0.3) is 5.78 Å². The molecule has 0 amide bonds. The molecule has 0 saturated heterocycles. The van der Waals surface area contributed by atoms with Gasteiger partial charge in [-0.3, -0.25) is 9.59 Å². The first kappa shape index (κ1) is 18.5. The van der Waals surface area contributed by atoms with Crippen LogP contribution in [0, 0.1) is 12.8 Å². The largest absolute Gasteiger partial charge is 0.490 e. The molecule has 1 N–H and O–H groups in total. The summed E-state index contributed by atoms with van der Waals surface area (Å²) in [7, 11) is 0. The lowest BCUT2D eigenvalue weighted by Gasteiger charge is -2.27. The monoisotopic (exact) mass is 369 g/mol. The molecule has 2 aromatic rings. The number of nitrogens with zero attached hydrogens (tertiary/aromatic N) is 3. The van der Waals surface area contributed by atoms with Crippen molar-refractivity contribution >= 4 is 18.0 Å². The molecule has 1 aliphatic carbocycles. The predicted octanol–water partition coefficient (Wildman–Crippen LogP) is 3.16. The highest BCUT2D eigenvalue weighted by atomic mass is 16.5. The maximum Gasteiger partial charge on any atom is 0.328 e. The molecule has 0 spiro atoms. The van der Waals surface area contributed by atoms with E-state index in [-0.39, 0.29) is 23.3 Å². The third kappa shape index (κ3) is 4.12. The van der Waals surface area contributed by atoms with Gasteiger partial charge in [-0.2, -0.15) is 4.79 Å². The van der Waals surface area contributed by atoms with Gasteiger partial charge in [0.15, 0.2) is 5.76 Å². The average Bonchev–Trinajstić information content (AvgIpc) is 3.04. The molecule has 1 aliphatic rings. The minimum atomic E-state index is -0.775. The molecule has 8 heteroatoms. The summed E-state index contributed by atoms with van der Waals surface area (Å²) < 4.78 is 11.2. The van der Waals surface area contributed by atoms with Crippen LogP contribution in [0.5, 0.6) is 5.75 Å². The number of aromatic nitrogens is 1. The van der Waals surface area contributed by atoms with Crippen molar-refractivity contribution < 1.29 is 28.7 Å². The highest BCUT2D eigenvalue weighted by molar-refractivity contribution is 6.35. The fourth-order valence-corrected chi connectivity index (χ4v) is 3.33. The molecule has 8 nitrogen and oxygen atoms in total. The molecule has 3 rings (SSSR count). The molecule has 2 unspecified atom stereocenters. The van der Waals surface area contributed by atoms with Crippen molar-refractivity contribution in [1.29, 1.82) is 0 Å². The van der Waals surface area contributed by atoms with Crippen LogP contribution in [0.2, 0.25) is 0 Å². The van der Waals surface area contributed by atoms with E-state index >= 15 is 0 Å². The third-order valence-electron chi connectivity index (χ3n) is 4.68. The Hall–Kier alpha value is -3.25. The standard InChI is InChI=1S/C19H19N3O5/c1-11-17(16(23)10-21-20)18(27-22-11)12-5-7-14(8-6-12)26-15-4-2-3-13(9-15)19(24)25/h5-8,10,13,15H,2-4,9H2,1H3,(H,24,25). The molecule has 0 radical (unpaired) electrons. The Labute approximate surface area is 155 Å². The number of benzene rings is 1. The van der Waals surface area contributed by atoms with Gasteiger partial charge < -0.3 is 19.9 Å². The molecule has 2 atom stereocenters. The molecule has 1 heterocycles. The molecule has 27 heavy (non-hydrogen) atoms. The van der Waals surface area contributed by atoms with Crippen molar-refractivity contribution in [2.24, 2.45) is 5.92 Å². The van der Waals surface area contributed by atoms with E-state index in [2.05, 4.69) is 9.95 Å². The number of rotatable bonds is 6.